The average molecular weight is 542 g/mol. The summed E-state index contributed by atoms with van der Waals surface area (Å²) in [7, 11) is 0. The van der Waals surface area contributed by atoms with Gasteiger partial charge in [0.1, 0.15) is 0 Å². The first-order chi connectivity index (χ1) is 20.3. The molecule has 0 unspecified atom stereocenters. The van der Waals surface area contributed by atoms with E-state index in [1.165, 1.54) is 31.1 Å². The van der Waals surface area contributed by atoms with Crippen molar-refractivity contribution in [2.45, 2.75) is 0 Å². The molecule has 192 valence electrons. The van der Waals surface area contributed by atoms with Crippen LogP contribution in [0.3, 0.4) is 0 Å². The maximum atomic E-state index is 5.02. The van der Waals surface area contributed by atoms with Gasteiger partial charge in [-0.15, -0.1) is 11.3 Å². The van der Waals surface area contributed by atoms with Gasteiger partial charge in [-0.3, -0.25) is 0 Å². The monoisotopic (exact) mass is 541 g/mol. The van der Waals surface area contributed by atoms with Crippen LogP contribution in [0.1, 0.15) is 0 Å². The highest BCUT2D eigenvalue weighted by Crippen LogP contribution is 2.36. The van der Waals surface area contributed by atoms with Gasteiger partial charge in [0, 0.05) is 36.9 Å². The Kier molecular flexibility index (Phi) is 5.64. The van der Waals surface area contributed by atoms with E-state index in [0.717, 1.165) is 27.6 Å². The summed E-state index contributed by atoms with van der Waals surface area (Å²) in [6, 6.07) is 48.7. The summed E-state index contributed by atoms with van der Waals surface area (Å²) in [5.41, 5.74) is 5.25. The summed E-state index contributed by atoms with van der Waals surface area (Å²) in [6.07, 6.45) is 0. The lowest BCUT2D eigenvalue weighted by molar-refractivity contribution is 1.08. The van der Waals surface area contributed by atoms with Crippen LogP contribution >= 0.6 is 11.3 Å². The molecular weight excluding hydrogens is 518 g/mol. The first kappa shape index (κ1) is 23.7. The van der Waals surface area contributed by atoms with Crippen molar-refractivity contribution in [3.8, 4) is 45.3 Å². The van der Waals surface area contributed by atoms with Gasteiger partial charge in [-0.25, -0.2) is 15.0 Å². The average Bonchev–Trinajstić information content (AvgIpc) is 3.43. The zero-order valence-corrected chi connectivity index (χ0v) is 22.8. The van der Waals surface area contributed by atoms with E-state index >= 15 is 0 Å². The van der Waals surface area contributed by atoms with Crippen LogP contribution in [0.15, 0.2) is 140 Å². The van der Waals surface area contributed by atoms with Crippen molar-refractivity contribution in [2.24, 2.45) is 0 Å². The molecule has 0 spiro atoms. The van der Waals surface area contributed by atoms with Crippen molar-refractivity contribution in [3.63, 3.8) is 0 Å². The van der Waals surface area contributed by atoms with Gasteiger partial charge in [0.05, 0.1) is 0 Å². The van der Waals surface area contributed by atoms with Gasteiger partial charge in [0.25, 0.3) is 0 Å². The zero-order chi connectivity index (χ0) is 27.2. The number of fused-ring (bicyclic) bond motifs is 4. The molecule has 0 fully saturated rings. The molecule has 8 aromatic rings. The minimum Gasteiger partial charge on any atom is -0.208 e. The molecule has 0 aliphatic rings. The van der Waals surface area contributed by atoms with E-state index in [4.69, 9.17) is 15.0 Å². The Bertz CT molecular complexity index is 2200. The molecule has 6 aromatic carbocycles. The largest absolute Gasteiger partial charge is 0.208 e. The summed E-state index contributed by atoms with van der Waals surface area (Å²) < 4.78 is 2.54. The van der Waals surface area contributed by atoms with Crippen molar-refractivity contribution in [1.29, 1.82) is 0 Å². The van der Waals surface area contributed by atoms with Crippen molar-refractivity contribution in [1.82, 2.24) is 15.0 Å². The Labute approximate surface area is 241 Å². The summed E-state index contributed by atoms with van der Waals surface area (Å²) in [5.74, 6) is 1.99. The van der Waals surface area contributed by atoms with Gasteiger partial charge < -0.3 is 0 Å². The van der Waals surface area contributed by atoms with Gasteiger partial charge in [0.2, 0.25) is 0 Å². The van der Waals surface area contributed by atoms with Crippen LogP contribution in [-0.2, 0) is 0 Å². The number of hydrogen-bond acceptors (Lipinski definition) is 4. The van der Waals surface area contributed by atoms with Crippen LogP contribution in [0, 0.1) is 0 Å². The lowest BCUT2D eigenvalue weighted by Gasteiger charge is -2.10. The molecule has 2 aromatic heterocycles. The molecular formula is C37H23N3S. The van der Waals surface area contributed by atoms with Gasteiger partial charge in [-0.1, -0.05) is 109 Å². The minimum atomic E-state index is 0.660. The van der Waals surface area contributed by atoms with Crippen molar-refractivity contribution < 1.29 is 0 Å². The second kappa shape index (κ2) is 9.77. The summed E-state index contributed by atoms with van der Waals surface area (Å²) in [6.45, 7) is 0. The van der Waals surface area contributed by atoms with E-state index < -0.39 is 0 Å². The first-order valence-corrected chi connectivity index (χ1v) is 14.4. The second-order valence-corrected chi connectivity index (χ2v) is 11.2. The Morgan fingerprint density at radius 2 is 0.878 bits per heavy atom. The Morgan fingerprint density at radius 1 is 0.341 bits per heavy atom. The number of aromatic nitrogens is 3. The lowest BCUT2D eigenvalue weighted by Crippen LogP contribution is -2.00. The van der Waals surface area contributed by atoms with Gasteiger partial charge >= 0.3 is 0 Å². The highest BCUT2D eigenvalue weighted by Gasteiger charge is 2.14. The Balaban J connectivity index is 1.30. The maximum absolute atomic E-state index is 5.02. The van der Waals surface area contributed by atoms with E-state index in [1.54, 1.807) is 0 Å². The normalized spacial score (nSPS) is 11.4. The first-order valence-electron chi connectivity index (χ1n) is 13.6. The van der Waals surface area contributed by atoms with E-state index in [0.29, 0.717) is 17.5 Å². The zero-order valence-electron chi connectivity index (χ0n) is 22.0. The van der Waals surface area contributed by atoms with Crippen LogP contribution in [0.5, 0.6) is 0 Å². The van der Waals surface area contributed by atoms with Gasteiger partial charge in [-0.2, -0.15) is 0 Å². The predicted octanol–water partition coefficient (Wildman–Crippen LogP) is 10.1. The lowest BCUT2D eigenvalue weighted by atomic mass is 10.0. The molecule has 0 N–H and O–H groups in total. The molecule has 41 heavy (non-hydrogen) atoms. The molecule has 0 atom stereocenters. The second-order valence-electron chi connectivity index (χ2n) is 10.1. The summed E-state index contributed by atoms with van der Waals surface area (Å²) in [4.78, 5) is 15.0. The molecule has 0 amide bonds. The maximum Gasteiger partial charge on any atom is 0.164 e. The van der Waals surface area contributed by atoms with E-state index in [-0.39, 0.29) is 0 Å². The number of hydrogen-bond donors (Lipinski definition) is 0. The van der Waals surface area contributed by atoms with Gasteiger partial charge in [0.15, 0.2) is 17.5 Å². The van der Waals surface area contributed by atoms with Crippen LogP contribution in [0.2, 0.25) is 0 Å². The fraction of sp³-hybridized carbons (Fsp3) is 0. The highest BCUT2D eigenvalue weighted by molar-refractivity contribution is 7.25. The Hall–Kier alpha value is -5.19. The minimum absolute atomic E-state index is 0.660. The molecule has 0 bridgehead atoms. The third-order valence-electron chi connectivity index (χ3n) is 7.53. The molecule has 0 saturated carbocycles. The highest BCUT2D eigenvalue weighted by atomic mass is 32.1. The standard InChI is InChI=1S/C37H23N3S/c1-2-8-24(9-3-1)26-14-17-27(18-15-26)35-38-36(29-19-16-25-10-4-5-11-28(25)22-29)40-37(39-35)30-20-21-34-32(23-30)31-12-6-7-13-33(31)41-34/h1-23H. The molecule has 2 heterocycles. The molecule has 3 nitrogen and oxygen atoms in total. The van der Waals surface area contributed by atoms with E-state index in [9.17, 15) is 0 Å². The van der Waals surface area contributed by atoms with Crippen molar-refractivity contribution >= 4 is 42.3 Å². The predicted molar refractivity (Wildman–Crippen MR) is 172 cm³/mol. The van der Waals surface area contributed by atoms with Crippen molar-refractivity contribution in [2.75, 3.05) is 0 Å². The molecule has 8 rings (SSSR count). The van der Waals surface area contributed by atoms with Crippen LogP contribution in [0.25, 0.3) is 76.2 Å². The van der Waals surface area contributed by atoms with Crippen LogP contribution < -0.4 is 0 Å². The summed E-state index contributed by atoms with van der Waals surface area (Å²) >= 11 is 1.81. The molecule has 4 heteroatoms. The fourth-order valence-electron chi connectivity index (χ4n) is 5.40. The number of nitrogens with zero attached hydrogens (tertiary/aromatic N) is 3. The van der Waals surface area contributed by atoms with E-state index in [2.05, 4.69) is 133 Å². The third kappa shape index (κ3) is 4.35. The van der Waals surface area contributed by atoms with Crippen LogP contribution in [-0.4, -0.2) is 15.0 Å². The number of benzene rings is 6. The number of thiophene rings is 1. The third-order valence-corrected chi connectivity index (χ3v) is 8.68. The van der Waals surface area contributed by atoms with E-state index in [1.807, 2.05) is 17.4 Å². The SMILES string of the molecule is c1ccc(-c2ccc(-c3nc(-c4ccc5ccccc5c4)nc(-c4ccc5sc6ccccc6c5c4)n3)cc2)cc1. The Morgan fingerprint density at radius 3 is 1.68 bits per heavy atom. The van der Waals surface area contributed by atoms with Crippen molar-refractivity contribution in [3.05, 3.63) is 140 Å². The molecule has 0 aliphatic heterocycles. The fourth-order valence-corrected chi connectivity index (χ4v) is 6.49. The number of rotatable bonds is 4. The quantitative estimate of drug-likeness (QED) is 0.222. The summed E-state index contributed by atoms with van der Waals surface area (Å²) in [5, 5.41) is 4.84. The van der Waals surface area contributed by atoms with Crippen LogP contribution in [0.4, 0.5) is 0 Å². The van der Waals surface area contributed by atoms with Gasteiger partial charge in [-0.05, 0) is 52.2 Å². The topological polar surface area (TPSA) is 38.7 Å². The molecule has 0 saturated heterocycles. The molecule has 0 radical (unpaired) electrons. The smallest absolute Gasteiger partial charge is 0.164 e. The molecule has 0 aliphatic carbocycles.